The second kappa shape index (κ2) is 3.42. The van der Waals surface area contributed by atoms with E-state index in [0.29, 0.717) is 0 Å². The van der Waals surface area contributed by atoms with Crippen LogP contribution in [0.15, 0.2) is 30.0 Å². The van der Waals surface area contributed by atoms with Gasteiger partial charge in [-0.05, 0) is 19.1 Å². The molecule has 0 aromatic carbocycles. The molecule has 0 saturated carbocycles. The molecule has 0 aliphatic carbocycles. The summed E-state index contributed by atoms with van der Waals surface area (Å²) in [5.41, 5.74) is 5.33. The maximum absolute atomic E-state index is 4.42. The van der Waals surface area contributed by atoms with Crippen LogP contribution in [0.3, 0.4) is 0 Å². The minimum absolute atomic E-state index is 1.03. The molecule has 3 nitrogen and oxygen atoms in total. The zero-order chi connectivity index (χ0) is 11.1. The number of hydrogen-bond donors (Lipinski definition) is 0. The van der Waals surface area contributed by atoms with Gasteiger partial charge < -0.3 is 4.57 Å². The first-order valence-electron chi connectivity index (χ1n) is 5.07. The minimum atomic E-state index is 1.03. The van der Waals surface area contributed by atoms with E-state index < -0.39 is 0 Å². The first-order valence-corrected chi connectivity index (χ1v) is 5.95. The van der Waals surface area contributed by atoms with Crippen molar-refractivity contribution >= 4 is 22.4 Å². The Balaban J connectivity index is 2.38. The molecule has 0 bridgehead atoms. The predicted molar refractivity (Wildman–Crippen MR) is 66.6 cm³/mol. The van der Waals surface area contributed by atoms with Crippen molar-refractivity contribution in [2.75, 3.05) is 0 Å². The van der Waals surface area contributed by atoms with Crippen LogP contribution in [0.1, 0.15) is 5.69 Å². The summed E-state index contributed by atoms with van der Waals surface area (Å²) in [6.07, 6.45) is 3.76. The van der Waals surface area contributed by atoms with Gasteiger partial charge >= 0.3 is 0 Å². The van der Waals surface area contributed by atoms with Gasteiger partial charge in [-0.25, -0.2) is 4.98 Å². The Morgan fingerprint density at radius 2 is 2.25 bits per heavy atom. The largest absolute Gasteiger partial charge is 0.333 e. The Kier molecular flexibility index (Phi) is 2.04. The van der Waals surface area contributed by atoms with Crippen molar-refractivity contribution in [2.45, 2.75) is 6.92 Å². The van der Waals surface area contributed by atoms with Gasteiger partial charge in [-0.1, -0.05) is 0 Å². The van der Waals surface area contributed by atoms with E-state index in [1.165, 1.54) is 21.5 Å². The Morgan fingerprint density at radius 3 is 3.00 bits per heavy atom. The summed E-state index contributed by atoms with van der Waals surface area (Å²) in [5.74, 6) is 0. The molecule has 0 aliphatic heterocycles. The summed E-state index contributed by atoms with van der Waals surface area (Å²) in [4.78, 5) is 9.74. The maximum atomic E-state index is 4.42. The molecule has 0 radical (unpaired) electrons. The predicted octanol–water partition coefficient (Wildman–Crippen LogP) is 3.01. The lowest BCUT2D eigenvalue weighted by Crippen LogP contribution is -1.91. The third-order valence-electron chi connectivity index (χ3n) is 2.87. The zero-order valence-corrected chi connectivity index (χ0v) is 9.95. The fraction of sp³-hybridized carbons (Fsp3) is 0.167. The van der Waals surface area contributed by atoms with E-state index >= 15 is 0 Å². The van der Waals surface area contributed by atoms with Gasteiger partial charge in [0.15, 0.2) is 0 Å². The molecule has 0 saturated heterocycles. The maximum Gasteiger partial charge on any atom is 0.140 e. The van der Waals surface area contributed by atoms with Crippen molar-refractivity contribution in [3.63, 3.8) is 0 Å². The minimum Gasteiger partial charge on any atom is -0.333 e. The average Bonchev–Trinajstić information content (AvgIpc) is 2.89. The molecular formula is C12H11N3S. The highest BCUT2D eigenvalue weighted by Crippen LogP contribution is 2.31. The molecular weight excluding hydrogens is 218 g/mol. The Morgan fingerprint density at radius 1 is 1.38 bits per heavy atom. The van der Waals surface area contributed by atoms with Crippen LogP contribution in [0.2, 0.25) is 0 Å². The smallest absolute Gasteiger partial charge is 0.140 e. The number of pyridine rings is 1. The molecule has 0 fully saturated rings. The highest BCUT2D eigenvalue weighted by Gasteiger charge is 2.10. The quantitative estimate of drug-likeness (QED) is 0.642. The molecule has 4 heteroatoms. The van der Waals surface area contributed by atoms with E-state index in [1.807, 2.05) is 25.0 Å². The lowest BCUT2D eigenvalue weighted by Gasteiger charge is -2.00. The summed E-state index contributed by atoms with van der Waals surface area (Å²) in [6, 6.07) is 4.23. The summed E-state index contributed by atoms with van der Waals surface area (Å²) < 4.78 is 2.11. The van der Waals surface area contributed by atoms with Crippen LogP contribution < -0.4 is 0 Å². The van der Waals surface area contributed by atoms with Gasteiger partial charge in [0.05, 0.1) is 10.4 Å². The number of thiazole rings is 1. The molecule has 0 unspecified atom stereocenters. The third kappa shape index (κ3) is 1.27. The Labute approximate surface area is 97.4 Å². The number of hydrogen-bond acceptors (Lipinski definition) is 3. The van der Waals surface area contributed by atoms with E-state index in [2.05, 4.69) is 33.6 Å². The van der Waals surface area contributed by atoms with Crippen molar-refractivity contribution in [1.29, 1.82) is 0 Å². The molecule has 3 rings (SSSR count). The first-order chi connectivity index (χ1) is 7.77. The third-order valence-corrected chi connectivity index (χ3v) is 3.67. The van der Waals surface area contributed by atoms with Crippen LogP contribution in [0, 0.1) is 6.92 Å². The van der Waals surface area contributed by atoms with Crippen molar-refractivity contribution in [1.82, 2.24) is 14.5 Å². The van der Waals surface area contributed by atoms with Crippen molar-refractivity contribution in [2.24, 2.45) is 7.05 Å². The van der Waals surface area contributed by atoms with Gasteiger partial charge in [-0.15, -0.1) is 11.3 Å². The van der Waals surface area contributed by atoms with E-state index in [1.54, 1.807) is 11.3 Å². The number of nitrogens with zero attached hydrogens (tertiary/aromatic N) is 3. The lowest BCUT2D eigenvalue weighted by molar-refractivity contribution is 0.902. The summed E-state index contributed by atoms with van der Waals surface area (Å²) in [5, 5.41) is 1.20. The summed E-state index contributed by atoms with van der Waals surface area (Å²) in [6.45, 7) is 2.10. The topological polar surface area (TPSA) is 30.7 Å². The lowest BCUT2D eigenvalue weighted by atomic mass is 10.1. The fourth-order valence-corrected chi connectivity index (χ4v) is 2.57. The van der Waals surface area contributed by atoms with Gasteiger partial charge in [0.2, 0.25) is 0 Å². The van der Waals surface area contributed by atoms with Crippen LogP contribution in [-0.4, -0.2) is 14.5 Å². The molecule has 3 heterocycles. The van der Waals surface area contributed by atoms with Crippen molar-refractivity contribution in [3.8, 4) is 10.4 Å². The van der Waals surface area contributed by atoms with E-state index in [0.717, 1.165) is 5.65 Å². The second-order valence-corrected chi connectivity index (χ2v) is 4.69. The highest BCUT2D eigenvalue weighted by atomic mass is 32.1. The van der Waals surface area contributed by atoms with Crippen LogP contribution >= 0.6 is 11.3 Å². The first kappa shape index (κ1) is 9.54. The van der Waals surface area contributed by atoms with E-state index in [9.17, 15) is 0 Å². The van der Waals surface area contributed by atoms with Crippen molar-refractivity contribution < 1.29 is 0 Å². The Bertz CT molecular complexity index is 638. The molecule has 16 heavy (non-hydrogen) atoms. The summed E-state index contributed by atoms with van der Waals surface area (Å²) >= 11 is 1.66. The monoisotopic (exact) mass is 229 g/mol. The van der Waals surface area contributed by atoms with Crippen LogP contribution in [-0.2, 0) is 7.05 Å². The fourth-order valence-electron chi connectivity index (χ4n) is 1.91. The molecule has 3 aromatic heterocycles. The van der Waals surface area contributed by atoms with Crippen LogP contribution in [0.5, 0.6) is 0 Å². The number of aryl methyl sites for hydroxylation is 2. The average molecular weight is 229 g/mol. The van der Waals surface area contributed by atoms with E-state index in [-0.39, 0.29) is 0 Å². The number of aromatic nitrogens is 3. The molecule has 80 valence electrons. The molecule has 0 amide bonds. The van der Waals surface area contributed by atoms with Crippen LogP contribution in [0.4, 0.5) is 0 Å². The standard InChI is InChI=1S/C12H11N3S/c1-8-5-10-9(11-6-13-7-16-11)3-4-14-12(10)15(8)2/h3-7H,1-2H3. The van der Waals surface area contributed by atoms with Crippen molar-refractivity contribution in [3.05, 3.63) is 35.7 Å². The molecule has 0 spiro atoms. The van der Waals surface area contributed by atoms with E-state index in [4.69, 9.17) is 0 Å². The van der Waals surface area contributed by atoms with Gasteiger partial charge in [0.25, 0.3) is 0 Å². The SMILES string of the molecule is Cc1cc2c(-c3cncs3)ccnc2n1C. The molecule has 3 aromatic rings. The van der Waals surface area contributed by atoms with Gasteiger partial charge in [0.1, 0.15) is 5.65 Å². The molecule has 0 atom stereocenters. The Hall–Kier alpha value is -1.68. The molecule has 0 N–H and O–H groups in total. The van der Waals surface area contributed by atoms with Crippen LogP contribution in [0.25, 0.3) is 21.5 Å². The highest BCUT2D eigenvalue weighted by molar-refractivity contribution is 7.13. The second-order valence-electron chi connectivity index (χ2n) is 3.81. The summed E-state index contributed by atoms with van der Waals surface area (Å²) in [7, 11) is 2.04. The van der Waals surface area contributed by atoms with Gasteiger partial charge in [-0.2, -0.15) is 0 Å². The zero-order valence-electron chi connectivity index (χ0n) is 9.14. The number of fused-ring (bicyclic) bond motifs is 1. The normalized spacial score (nSPS) is 11.1. The van der Waals surface area contributed by atoms with Gasteiger partial charge in [0, 0.05) is 36.1 Å². The number of rotatable bonds is 1. The molecule has 0 aliphatic rings. The van der Waals surface area contributed by atoms with Gasteiger partial charge in [-0.3, -0.25) is 4.98 Å².